The van der Waals surface area contributed by atoms with E-state index in [-0.39, 0.29) is 37.3 Å². The third-order valence-electron chi connectivity index (χ3n) is 13.1. The number of hydrogen-bond acceptors (Lipinski definition) is 15. The number of ether oxygens (including phenoxy) is 7. The van der Waals surface area contributed by atoms with Crippen LogP contribution >= 0.6 is 0 Å². The summed E-state index contributed by atoms with van der Waals surface area (Å²) in [6.07, 6.45) is -6.71. The molecule has 0 bridgehead atoms. The second-order valence-electron chi connectivity index (χ2n) is 18.1. The zero-order chi connectivity index (χ0) is 42.6. The van der Waals surface area contributed by atoms with Gasteiger partial charge in [-0.3, -0.25) is 4.79 Å². The van der Waals surface area contributed by atoms with Gasteiger partial charge in [0, 0.05) is 45.2 Å². The third kappa shape index (κ3) is 11.0. The van der Waals surface area contributed by atoms with Crippen LogP contribution in [0.15, 0.2) is 0 Å². The van der Waals surface area contributed by atoms with E-state index in [1.54, 1.807) is 41.7 Å². The van der Waals surface area contributed by atoms with Crippen molar-refractivity contribution in [3.63, 3.8) is 0 Å². The predicted octanol–water partition coefficient (Wildman–Crippen LogP) is 2.36. The summed E-state index contributed by atoms with van der Waals surface area (Å²) >= 11 is 0. The fourth-order valence-electron chi connectivity index (χ4n) is 9.37. The predicted molar refractivity (Wildman–Crippen MR) is 210 cm³/mol. The average molecular weight is 807 g/mol. The number of nitrogens with zero attached hydrogens (tertiary/aromatic N) is 1. The molecule has 3 fully saturated rings. The van der Waals surface area contributed by atoms with Crippen LogP contribution < -0.4 is 5.32 Å². The zero-order valence-corrected chi connectivity index (χ0v) is 36.7. The lowest BCUT2D eigenvalue weighted by molar-refractivity contribution is -0.339. The highest BCUT2D eigenvalue weighted by Gasteiger charge is 2.58. The Labute approximate surface area is 336 Å². The molecule has 3 rings (SSSR count). The van der Waals surface area contributed by atoms with Gasteiger partial charge in [-0.15, -0.1) is 0 Å². The summed E-state index contributed by atoms with van der Waals surface area (Å²) in [4.78, 5) is 16.2. The number of cyclic esters (lactones) is 1. The van der Waals surface area contributed by atoms with E-state index in [0.29, 0.717) is 32.4 Å². The molecule has 18 atom stereocenters. The Hall–Kier alpha value is -1.05. The van der Waals surface area contributed by atoms with Gasteiger partial charge in [0.15, 0.2) is 12.6 Å². The minimum Gasteiger partial charge on any atom is -0.459 e. The highest BCUT2D eigenvalue weighted by atomic mass is 16.7. The number of likely N-dealkylation sites (N-methyl/N-ethyl adjacent to an activating group) is 1. The highest BCUT2D eigenvalue weighted by Crippen LogP contribution is 2.45. The quantitative estimate of drug-likeness (QED) is 0.131. The molecule has 15 heteroatoms. The second kappa shape index (κ2) is 20.0. The number of aliphatic hydroxyl groups excluding tert-OH is 2. The molecule has 0 spiro atoms. The number of hydrogen-bond donors (Lipinski definition) is 6. The molecule has 0 amide bonds. The monoisotopic (exact) mass is 807 g/mol. The first-order chi connectivity index (χ1) is 25.9. The summed E-state index contributed by atoms with van der Waals surface area (Å²) in [7, 11) is 6.90. The van der Waals surface area contributed by atoms with Gasteiger partial charge in [-0.25, -0.2) is 0 Å². The molecule has 3 aliphatic heterocycles. The number of methoxy groups -OCH3 is 2. The molecule has 56 heavy (non-hydrogen) atoms. The number of rotatable bonds is 11. The first-order valence-electron chi connectivity index (χ1n) is 20.7. The SMILES string of the molecule is CC[C@H]1OC(=O)[C@H](C)[C@@H](O[C@H]2C[C@@](C)(OC)[C@@](O)(CCCOC)[C@H](C)O2)[C@H](C)[C@@H](O[C@@H]2O[C@H](C)C[C@H](N(C)C)[C@H]2O)[C@](C)(O)C[C@@H](C)CN[C@H](C)[C@@H](O)[C@]1(C)O. The van der Waals surface area contributed by atoms with E-state index in [1.165, 1.54) is 14.0 Å². The number of carbonyl (C=O) groups excluding carboxylic acids is 1. The summed E-state index contributed by atoms with van der Waals surface area (Å²) < 4.78 is 43.5. The Bertz CT molecular complexity index is 1230. The summed E-state index contributed by atoms with van der Waals surface area (Å²) in [6, 6.07) is -0.882. The molecule has 3 saturated heterocycles. The van der Waals surface area contributed by atoms with E-state index >= 15 is 0 Å². The molecule has 330 valence electrons. The average Bonchev–Trinajstić information content (AvgIpc) is 3.12. The molecule has 0 aliphatic carbocycles. The van der Waals surface area contributed by atoms with Crippen LogP contribution in [0.2, 0.25) is 0 Å². The first-order valence-corrected chi connectivity index (χ1v) is 20.7. The molecule has 0 aromatic rings. The van der Waals surface area contributed by atoms with Gasteiger partial charge in [0.25, 0.3) is 0 Å². The van der Waals surface area contributed by atoms with Crippen molar-refractivity contribution in [3.8, 4) is 0 Å². The van der Waals surface area contributed by atoms with Crippen LogP contribution in [0.1, 0.15) is 108 Å². The fourth-order valence-corrected chi connectivity index (χ4v) is 9.37. The Morgan fingerprint density at radius 2 is 1.59 bits per heavy atom. The lowest BCUT2D eigenvalue weighted by Gasteiger charge is -2.54. The Morgan fingerprint density at radius 3 is 2.16 bits per heavy atom. The molecule has 0 radical (unpaired) electrons. The summed E-state index contributed by atoms with van der Waals surface area (Å²) in [6.45, 7) is 18.4. The maximum Gasteiger partial charge on any atom is 0.311 e. The van der Waals surface area contributed by atoms with E-state index < -0.39 is 95.5 Å². The third-order valence-corrected chi connectivity index (χ3v) is 13.1. The van der Waals surface area contributed by atoms with E-state index in [4.69, 9.17) is 33.2 Å². The van der Waals surface area contributed by atoms with Crippen LogP contribution in [0.4, 0.5) is 0 Å². The number of nitrogens with one attached hydrogen (secondary N) is 1. The van der Waals surface area contributed by atoms with Crippen molar-refractivity contribution in [1.82, 2.24) is 10.2 Å². The van der Waals surface area contributed by atoms with Crippen LogP contribution in [0.5, 0.6) is 0 Å². The zero-order valence-electron chi connectivity index (χ0n) is 36.7. The fraction of sp³-hybridized carbons (Fsp3) is 0.976. The van der Waals surface area contributed by atoms with Crippen molar-refractivity contribution in [1.29, 1.82) is 0 Å². The van der Waals surface area contributed by atoms with Crippen LogP contribution in [0.3, 0.4) is 0 Å². The van der Waals surface area contributed by atoms with Crippen LogP contribution in [-0.2, 0) is 38.0 Å². The molecule has 6 N–H and O–H groups in total. The van der Waals surface area contributed by atoms with Crippen LogP contribution in [0.25, 0.3) is 0 Å². The van der Waals surface area contributed by atoms with Crippen molar-refractivity contribution in [2.45, 2.75) is 198 Å². The lowest BCUT2D eigenvalue weighted by atomic mass is 9.73. The van der Waals surface area contributed by atoms with Crippen molar-refractivity contribution < 1.29 is 63.5 Å². The van der Waals surface area contributed by atoms with Crippen molar-refractivity contribution in [3.05, 3.63) is 0 Å². The second-order valence-corrected chi connectivity index (χ2v) is 18.1. The molecule has 0 unspecified atom stereocenters. The number of esters is 1. The van der Waals surface area contributed by atoms with Gasteiger partial charge < -0.3 is 68.9 Å². The molecule has 0 saturated carbocycles. The Balaban J connectivity index is 2.16. The van der Waals surface area contributed by atoms with E-state index in [2.05, 4.69) is 5.32 Å². The molecule has 0 aromatic carbocycles. The smallest absolute Gasteiger partial charge is 0.311 e. The van der Waals surface area contributed by atoms with E-state index in [9.17, 15) is 30.3 Å². The Kier molecular flexibility index (Phi) is 17.6. The van der Waals surface area contributed by atoms with Gasteiger partial charge in [-0.1, -0.05) is 20.8 Å². The standard InChI is InChI=1S/C41H78N2O13/c1-15-30-40(10,48)34(45)27(6)42-22-23(2)20-38(8,47)35(56-37-32(44)29(43(11)12)19-24(3)52-37)25(4)33(26(5)36(46)54-30)55-31-21-39(9,51-14)41(49,28(7)53-31)17-16-18-50-13/h23-35,37,42,44-45,47-49H,15-22H2,1-14H3/t23-,24-,25+,26-,27-,28+,29+,30-,31+,32-,33+,34-,35-,37+,38-,39-,40-,41-/m1/s1. The molecule has 3 aliphatic rings. The van der Waals surface area contributed by atoms with E-state index in [0.717, 1.165) is 0 Å². The molecule has 3 heterocycles. The molecular formula is C41H78N2O13. The van der Waals surface area contributed by atoms with Crippen molar-refractivity contribution >= 4 is 5.97 Å². The summed E-state index contributed by atoms with van der Waals surface area (Å²) in [5.41, 5.74) is -5.92. The molecule has 0 aromatic heterocycles. The number of carbonyl (C=O) groups is 1. The van der Waals surface area contributed by atoms with Gasteiger partial charge in [-0.05, 0) is 107 Å². The summed E-state index contributed by atoms with van der Waals surface area (Å²) in [5.74, 6) is -2.68. The minimum absolute atomic E-state index is 0.0930. The van der Waals surface area contributed by atoms with Crippen molar-refractivity contribution in [2.75, 3.05) is 41.5 Å². The first kappa shape index (κ1) is 49.3. The topological polar surface area (TPSA) is 198 Å². The normalized spacial score (nSPS) is 47.9. The van der Waals surface area contributed by atoms with Crippen molar-refractivity contribution in [2.24, 2.45) is 17.8 Å². The largest absolute Gasteiger partial charge is 0.459 e. The maximum atomic E-state index is 14.3. The Morgan fingerprint density at radius 1 is 0.946 bits per heavy atom. The van der Waals surface area contributed by atoms with Crippen LogP contribution in [-0.4, -0.2) is 168 Å². The van der Waals surface area contributed by atoms with Gasteiger partial charge in [0.05, 0.1) is 35.9 Å². The van der Waals surface area contributed by atoms with Gasteiger partial charge in [0.1, 0.15) is 35.1 Å². The van der Waals surface area contributed by atoms with Gasteiger partial charge in [0.2, 0.25) is 0 Å². The highest BCUT2D eigenvalue weighted by molar-refractivity contribution is 5.73. The molecular weight excluding hydrogens is 728 g/mol. The van der Waals surface area contributed by atoms with Gasteiger partial charge >= 0.3 is 5.97 Å². The van der Waals surface area contributed by atoms with Crippen LogP contribution in [0, 0.1) is 17.8 Å². The van der Waals surface area contributed by atoms with Gasteiger partial charge in [-0.2, -0.15) is 0 Å². The van der Waals surface area contributed by atoms with E-state index in [1.807, 2.05) is 46.7 Å². The number of aliphatic hydroxyl groups is 5. The maximum absolute atomic E-state index is 14.3. The summed E-state index contributed by atoms with van der Waals surface area (Å²) in [5, 5.41) is 62.5. The minimum atomic E-state index is -1.82. The molecule has 15 nitrogen and oxygen atoms in total. The lowest BCUT2D eigenvalue weighted by Crippen LogP contribution is -2.66.